The molecule has 5 N–H and O–H groups in total. The van der Waals surface area contributed by atoms with Gasteiger partial charge in [-0.3, -0.25) is 0 Å². The minimum atomic E-state index is -0.193. The Morgan fingerprint density at radius 3 is 2.38 bits per heavy atom. The topological polar surface area (TPSA) is 75.5 Å². The van der Waals surface area contributed by atoms with Crippen LogP contribution in [0.5, 0.6) is 0 Å². The summed E-state index contributed by atoms with van der Waals surface area (Å²) in [6.45, 7) is 1.59. The largest absolute Gasteiger partial charge is 0.397 e. The van der Waals surface area contributed by atoms with E-state index < -0.39 is 0 Å². The Hall–Kier alpha value is -1.13. The summed E-state index contributed by atoms with van der Waals surface area (Å²) >= 11 is 6.13. The van der Waals surface area contributed by atoms with Crippen molar-refractivity contribution < 1.29 is 5.11 Å². The Kier molecular flexibility index (Phi) is 3.12. The van der Waals surface area contributed by atoms with Crippen molar-refractivity contribution in [3.05, 3.63) is 17.2 Å². The minimum absolute atomic E-state index is 0.193. The van der Waals surface area contributed by atoms with Gasteiger partial charge in [0.25, 0.3) is 0 Å². The first-order valence-electron chi connectivity index (χ1n) is 5.35. The number of halogens is 1. The summed E-state index contributed by atoms with van der Waals surface area (Å²) in [7, 11) is 0. The number of rotatable bonds is 1. The molecule has 1 heterocycles. The first-order chi connectivity index (χ1) is 7.58. The molecule has 16 heavy (non-hydrogen) atoms. The van der Waals surface area contributed by atoms with Crippen molar-refractivity contribution >= 4 is 28.7 Å². The summed E-state index contributed by atoms with van der Waals surface area (Å²) in [5, 5.41) is 10.1. The van der Waals surface area contributed by atoms with Gasteiger partial charge in [0.2, 0.25) is 0 Å². The second kappa shape index (κ2) is 4.39. The fourth-order valence-electron chi connectivity index (χ4n) is 1.94. The van der Waals surface area contributed by atoms with Crippen LogP contribution in [0.25, 0.3) is 0 Å². The fraction of sp³-hybridized carbons (Fsp3) is 0.455. The molecule has 0 spiro atoms. The van der Waals surface area contributed by atoms with Crippen molar-refractivity contribution in [2.24, 2.45) is 0 Å². The highest BCUT2D eigenvalue weighted by Crippen LogP contribution is 2.33. The van der Waals surface area contributed by atoms with Crippen molar-refractivity contribution in [3.63, 3.8) is 0 Å². The molecule has 0 amide bonds. The molecule has 1 aliphatic rings. The highest BCUT2D eigenvalue weighted by atomic mass is 35.5. The predicted octanol–water partition coefficient (Wildman–Crippen LogP) is 1.47. The molecular weight excluding hydrogens is 226 g/mol. The number of hydrogen-bond donors (Lipinski definition) is 3. The molecule has 5 heteroatoms. The van der Waals surface area contributed by atoms with E-state index in [2.05, 4.69) is 4.90 Å². The number of nitrogens with zero attached hydrogens (tertiary/aromatic N) is 1. The molecule has 1 saturated heterocycles. The molecule has 0 aliphatic carbocycles. The number of anilines is 3. The first-order valence-corrected chi connectivity index (χ1v) is 5.73. The van der Waals surface area contributed by atoms with Crippen LogP contribution in [0.3, 0.4) is 0 Å². The molecule has 0 aromatic heterocycles. The molecule has 1 aromatic rings. The van der Waals surface area contributed by atoms with E-state index in [-0.39, 0.29) is 6.10 Å². The van der Waals surface area contributed by atoms with Gasteiger partial charge >= 0.3 is 0 Å². The number of hydrogen-bond acceptors (Lipinski definition) is 4. The molecule has 2 rings (SSSR count). The molecule has 0 unspecified atom stereocenters. The summed E-state index contributed by atoms with van der Waals surface area (Å²) in [6, 6.07) is 3.48. The van der Waals surface area contributed by atoms with Crippen molar-refractivity contribution in [1.29, 1.82) is 0 Å². The maximum atomic E-state index is 9.44. The quantitative estimate of drug-likeness (QED) is 0.651. The van der Waals surface area contributed by atoms with Crippen LogP contribution in [0.1, 0.15) is 12.8 Å². The van der Waals surface area contributed by atoms with Gasteiger partial charge in [0.1, 0.15) is 0 Å². The Bertz CT molecular complexity index is 389. The number of piperidine rings is 1. The Labute approximate surface area is 99.8 Å². The normalized spacial score (nSPS) is 17.8. The van der Waals surface area contributed by atoms with Crippen LogP contribution in [-0.4, -0.2) is 24.3 Å². The molecular formula is C11H16ClN3O. The van der Waals surface area contributed by atoms with Gasteiger partial charge in [0.15, 0.2) is 0 Å². The van der Waals surface area contributed by atoms with Crippen molar-refractivity contribution in [2.45, 2.75) is 18.9 Å². The van der Waals surface area contributed by atoms with Crippen LogP contribution in [0.2, 0.25) is 5.02 Å². The SMILES string of the molecule is Nc1cc(Cl)c(N2CCC(O)CC2)cc1N. The summed E-state index contributed by atoms with van der Waals surface area (Å²) < 4.78 is 0. The van der Waals surface area contributed by atoms with Gasteiger partial charge in [-0.2, -0.15) is 0 Å². The van der Waals surface area contributed by atoms with E-state index in [0.29, 0.717) is 16.4 Å². The lowest BCUT2D eigenvalue weighted by Gasteiger charge is -2.32. The van der Waals surface area contributed by atoms with E-state index in [1.807, 2.05) is 0 Å². The highest BCUT2D eigenvalue weighted by molar-refractivity contribution is 6.33. The molecule has 0 bridgehead atoms. The average Bonchev–Trinajstić information content (AvgIpc) is 2.25. The standard InChI is InChI=1S/C11H16ClN3O/c12-8-5-9(13)10(14)6-11(8)15-3-1-7(16)2-4-15/h5-7,16H,1-4,13-14H2. The van der Waals surface area contributed by atoms with E-state index >= 15 is 0 Å². The van der Waals surface area contributed by atoms with Crippen molar-refractivity contribution in [1.82, 2.24) is 0 Å². The van der Waals surface area contributed by atoms with Gasteiger partial charge in [0.05, 0.1) is 28.2 Å². The second-order valence-corrected chi connectivity index (χ2v) is 4.56. The monoisotopic (exact) mass is 241 g/mol. The summed E-state index contributed by atoms with van der Waals surface area (Å²) in [5.41, 5.74) is 13.4. The summed E-state index contributed by atoms with van der Waals surface area (Å²) in [5.74, 6) is 0. The van der Waals surface area contributed by atoms with Crippen molar-refractivity contribution in [2.75, 3.05) is 29.5 Å². The van der Waals surface area contributed by atoms with Gasteiger partial charge in [-0.05, 0) is 25.0 Å². The van der Waals surface area contributed by atoms with E-state index in [4.69, 9.17) is 23.1 Å². The lowest BCUT2D eigenvalue weighted by molar-refractivity contribution is 0.145. The molecule has 1 aliphatic heterocycles. The van der Waals surface area contributed by atoms with Crippen LogP contribution in [0.15, 0.2) is 12.1 Å². The fourth-order valence-corrected chi connectivity index (χ4v) is 2.23. The van der Waals surface area contributed by atoms with Gasteiger partial charge < -0.3 is 21.5 Å². The Morgan fingerprint density at radius 2 is 1.75 bits per heavy atom. The first kappa shape index (κ1) is 11.4. The molecule has 1 aromatic carbocycles. The maximum absolute atomic E-state index is 9.44. The molecule has 1 fully saturated rings. The van der Waals surface area contributed by atoms with Crippen molar-refractivity contribution in [3.8, 4) is 0 Å². The maximum Gasteiger partial charge on any atom is 0.0661 e. The number of aliphatic hydroxyl groups is 1. The van der Waals surface area contributed by atoms with Crippen LogP contribution >= 0.6 is 11.6 Å². The van der Waals surface area contributed by atoms with E-state index in [1.54, 1.807) is 12.1 Å². The van der Waals surface area contributed by atoms with Crippen LogP contribution < -0.4 is 16.4 Å². The van der Waals surface area contributed by atoms with E-state index in [0.717, 1.165) is 31.6 Å². The van der Waals surface area contributed by atoms with Gasteiger partial charge in [0, 0.05) is 13.1 Å². The Balaban J connectivity index is 2.23. The van der Waals surface area contributed by atoms with Crippen LogP contribution in [-0.2, 0) is 0 Å². The molecule has 0 atom stereocenters. The minimum Gasteiger partial charge on any atom is -0.397 e. The van der Waals surface area contributed by atoms with Gasteiger partial charge in [-0.25, -0.2) is 0 Å². The smallest absolute Gasteiger partial charge is 0.0661 e. The lowest BCUT2D eigenvalue weighted by Crippen LogP contribution is -2.36. The summed E-state index contributed by atoms with van der Waals surface area (Å²) in [4.78, 5) is 2.13. The number of nitrogen functional groups attached to an aromatic ring is 2. The summed E-state index contributed by atoms with van der Waals surface area (Å²) in [6.07, 6.45) is 1.34. The average molecular weight is 242 g/mol. The molecule has 0 radical (unpaired) electrons. The zero-order valence-electron chi connectivity index (χ0n) is 8.99. The van der Waals surface area contributed by atoms with E-state index in [9.17, 15) is 5.11 Å². The highest BCUT2D eigenvalue weighted by Gasteiger charge is 2.19. The molecule has 88 valence electrons. The number of aliphatic hydroxyl groups excluding tert-OH is 1. The third kappa shape index (κ3) is 2.18. The predicted molar refractivity (Wildman–Crippen MR) is 67.7 cm³/mol. The van der Waals surface area contributed by atoms with Gasteiger partial charge in [-0.1, -0.05) is 11.6 Å². The van der Waals surface area contributed by atoms with Gasteiger partial charge in [-0.15, -0.1) is 0 Å². The van der Waals surface area contributed by atoms with Crippen LogP contribution in [0.4, 0.5) is 17.1 Å². The van der Waals surface area contributed by atoms with Crippen LogP contribution in [0, 0.1) is 0 Å². The zero-order chi connectivity index (χ0) is 11.7. The molecule has 0 saturated carbocycles. The lowest BCUT2D eigenvalue weighted by atomic mass is 10.1. The third-order valence-corrected chi connectivity index (χ3v) is 3.26. The number of benzene rings is 1. The Morgan fingerprint density at radius 1 is 1.19 bits per heavy atom. The second-order valence-electron chi connectivity index (χ2n) is 4.15. The third-order valence-electron chi connectivity index (χ3n) is 2.96. The zero-order valence-corrected chi connectivity index (χ0v) is 9.74. The number of nitrogens with two attached hydrogens (primary N) is 2. The molecule has 4 nitrogen and oxygen atoms in total. The van der Waals surface area contributed by atoms with E-state index in [1.165, 1.54) is 0 Å².